The first kappa shape index (κ1) is 19.9. The maximum atomic E-state index is 12.8. The summed E-state index contributed by atoms with van der Waals surface area (Å²) in [6, 6.07) is 0.803. The number of rotatable bonds is 6. The zero-order chi connectivity index (χ0) is 20.0. The SMILES string of the molecule is Cc1nnc(SCC(=O)NC(C)C23CC4CC(CC(C4)C2)C3)n1C1CCCCC1. The Balaban J connectivity index is 1.19. The van der Waals surface area contributed by atoms with Gasteiger partial charge in [0.2, 0.25) is 5.91 Å². The molecule has 5 fully saturated rings. The summed E-state index contributed by atoms with van der Waals surface area (Å²) >= 11 is 1.57. The summed E-state index contributed by atoms with van der Waals surface area (Å²) in [5, 5.41) is 13.0. The highest BCUT2D eigenvalue weighted by Gasteiger charge is 2.53. The van der Waals surface area contributed by atoms with Crippen LogP contribution in [0, 0.1) is 30.1 Å². The molecule has 0 aliphatic heterocycles. The molecule has 1 heterocycles. The Labute approximate surface area is 179 Å². The zero-order valence-corrected chi connectivity index (χ0v) is 18.8. The minimum Gasteiger partial charge on any atom is -0.352 e. The van der Waals surface area contributed by atoms with Crippen molar-refractivity contribution in [3.63, 3.8) is 0 Å². The molecule has 4 bridgehead atoms. The van der Waals surface area contributed by atoms with E-state index in [0.717, 1.165) is 28.7 Å². The number of hydrogen-bond donors (Lipinski definition) is 1. The van der Waals surface area contributed by atoms with E-state index < -0.39 is 0 Å². The average molecular weight is 417 g/mol. The van der Waals surface area contributed by atoms with E-state index in [4.69, 9.17) is 0 Å². The maximum absolute atomic E-state index is 12.8. The van der Waals surface area contributed by atoms with Gasteiger partial charge in [-0.3, -0.25) is 4.79 Å². The molecule has 1 atom stereocenters. The summed E-state index contributed by atoms with van der Waals surface area (Å²) in [5.41, 5.74) is 0.369. The highest BCUT2D eigenvalue weighted by molar-refractivity contribution is 7.99. The molecular formula is C23H36N4OS. The number of thioether (sulfide) groups is 1. The van der Waals surface area contributed by atoms with E-state index in [-0.39, 0.29) is 5.91 Å². The highest BCUT2D eigenvalue weighted by atomic mass is 32.2. The Kier molecular flexibility index (Phi) is 5.42. The number of carbonyl (C=O) groups is 1. The monoisotopic (exact) mass is 416 g/mol. The summed E-state index contributed by atoms with van der Waals surface area (Å²) in [4.78, 5) is 12.8. The largest absolute Gasteiger partial charge is 0.352 e. The number of nitrogens with zero attached hydrogens (tertiary/aromatic N) is 3. The molecule has 0 saturated heterocycles. The van der Waals surface area contributed by atoms with Crippen LogP contribution in [0.1, 0.15) is 89.4 Å². The van der Waals surface area contributed by atoms with E-state index >= 15 is 0 Å². The molecule has 1 aromatic heterocycles. The lowest BCUT2D eigenvalue weighted by atomic mass is 9.48. The van der Waals surface area contributed by atoms with Crippen LogP contribution in [0.25, 0.3) is 0 Å². The molecule has 1 unspecified atom stereocenters. The number of hydrogen-bond acceptors (Lipinski definition) is 4. The van der Waals surface area contributed by atoms with Crippen molar-refractivity contribution in [2.75, 3.05) is 5.75 Å². The highest BCUT2D eigenvalue weighted by Crippen LogP contribution is 2.61. The molecule has 1 N–H and O–H groups in total. The molecular weight excluding hydrogens is 380 g/mol. The number of aromatic nitrogens is 3. The molecule has 1 amide bonds. The summed E-state index contributed by atoms with van der Waals surface area (Å²) < 4.78 is 2.29. The average Bonchev–Trinajstić information content (AvgIpc) is 3.06. The predicted molar refractivity (Wildman–Crippen MR) is 116 cm³/mol. The second kappa shape index (κ2) is 7.90. The van der Waals surface area contributed by atoms with Gasteiger partial charge in [-0.25, -0.2) is 0 Å². The third kappa shape index (κ3) is 3.86. The van der Waals surface area contributed by atoms with Crippen LogP contribution in [0.5, 0.6) is 0 Å². The number of nitrogens with one attached hydrogen (secondary N) is 1. The first-order valence-corrected chi connectivity index (χ1v) is 12.8. The fourth-order valence-electron chi connectivity index (χ4n) is 7.48. The van der Waals surface area contributed by atoms with Crippen molar-refractivity contribution >= 4 is 17.7 Å². The molecule has 5 aliphatic rings. The van der Waals surface area contributed by atoms with Crippen LogP contribution in [-0.2, 0) is 4.79 Å². The van der Waals surface area contributed by atoms with E-state index in [1.54, 1.807) is 11.8 Å². The van der Waals surface area contributed by atoms with Gasteiger partial charge in [0.25, 0.3) is 0 Å². The molecule has 6 heteroatoms. The maximum Gasteiger partial charge on any atom is 0.230 e. The predicted octanol–water partition coefficient (Wildman–Crippen LogP) is 4.90. The van der Waals surface area contributed by atoms with Gasteiger partial charge in [-0.2, -0.15) is 0 Å². The van der Waals surface area contributed by atoms with Crippen LogP contribution in [0.15, 0.2) is 5.16 Å². The van der Waals surface area contributed by atoms with Crippen LogP contribution in [-0.4, -0.2) is 32.5 Å². The van der Waals surface area contributed by atoms with Crippen molar-refractivity contribution < 1.29 is 4.79 Å². The first-order valence-electron chi connectivity index (χ1n) is 11.9. The minimum absolute atomic E-state index is 0.161. The molecule has 5 aliphatic carbocycles. The summed E-state index contributed by atoms with van der Waals surface area (Å²) in [6.45, 7) is 4.31. The third-order valence-electron chi connectivity index (χ3n) is 8.49. The van der Waals surface area contributed by atoms with E-state index in [1.807, 2.05) is 6.92 Å². The fraction of sp³-hybridized carbons (Fsp3) is 0.870. The molecule has 0 spiro atoms. The topological polar surface area (TPSA) is 59.8 Å². The quantitative estimate of drug-likeness (QED) is 0.670. The fourth-order valence-corrected chi connectivity index (χ4v) is 8.34. The third-order valence-corrected chi connectivity index (χ3v) is 9.43. The Morgan fingerprint density at radius 3 is 2.34 bits per heavy atom. The van der Waals surface area contributed by atoms with E-state index in [9.17, 15) is 4.79 Å². The van der Waals surface area contributed by atoms with Crippen LogP contribution in [0.3, 0.4) is 0 Å². The van der Waals surface area contributed by atoms with Crippen LogP contribution < -0.4 is 5.32 Å². The molecule has 160 valence electrons. The lowest BCUT2D eigenvalue weighted by Gasteiger charge is -2.59. The van der Waals surface area contributed by atoms with Gasteiger partial charge < -0.3 is 9.88 Å². The van der Waals surface area contributed by atoms with Gasteiger partial charge in [-0.1, -0.05) is 31.0 Å². The van der Waals surface area contributed by atoms with Gasteiger partial charge in [0.05, 0.1) is 5.75 Å². The second-order valence-electron chi connectivity index (χ2n) is 10.5. The van der Waals surface area contributed by atoms with Crippen molar-refractivity contribution in [1.29, 1.82) is 0 Å². The zero-order valence-electron chi connectivity index (χ0n) is 18.0. The van der Waals surface area contributed by atoms with Gasteiger partial charge in [-0.15, -0.1) is 10.2 Å². The van der Waals surface area contributed by atoms with Crippen molar-refractivity contribution in [1.82, 2.24) is 20.1 Å². The normalized spacial score (nSPS) is 35.0. The van der Waals surface area contributed by atoms with Crippen molar-refractivity contribution in [3.8, 4) is 0 Å². The van der Waals surface area contributed by atoms with Gasteiger partial charge >= 0.3 is 0 Å². The van der Waals surface area contributed by atoms with Gasteiger partial charge in [-0.05, 0) is 88.4 Å². The Hall–Kier alpha value is -1.04. The van der Waals surface area contributed by atoms with Crippen molar-refractivity contribution in [2.24, 2.45) is 23.2 Å². The number of amides is 1. The van der Waals surface area contributed by atoms with E-state index in [1.165, 1.54) is 70.6 Å². The lowest BCUT2D eigenvalue weighted by molar-refractivity contribution is -0.123. The molecule has 5 saturated carbocycles. The van der Waals surface area contributed by atoms with E-state index in [0.29, 0.717) is 23.3 Å². The van der Waals surface area contributed by atoms with Crippen LogP contribution >= 0.6 is 11.8 Å². The number of aryl methyl sites for hydroxylation is 1. The van der Waals surface area contributed by atoms with Gasteiger partial charge in [0, 0.05) is 12.1 Å². The smallest absolute Gasteiger partial charge is 0.230 e. The standard InChI is InChI=1S/C23H36N4OS/c1-15(23-11-17-8-18(12-23)10-19(9-17)13-23)24-21(28)14-29-22-26-25-16(2)27(22)20-6-4-3-5-7-20/h15,17-20H,3-14H2,1-2H3,(H,24,28). The van der Waals surface area contributed by atoms with Gasteiger partial charge in [0.15, 0.2) is 5.16 Å². The Morgan fingerprint density at radius 2 is 1.72 bits per heavy atom. The molecule has 1 aromatic rings. The number of carbonyl (C=O) groups excluding carboxylic acids is 1. The minimum atomic E-state index is 0.161. The Bertz CT molecular complexity index is 719. The molecule has 0 aromatic carbocycles. The first-order chi connectivity index (χ1) is 14.0. The summed E-state index contributed by atoms with van der Waals surface area (Å²) in [7, 11) is 0. The van der Waals surface area contributed by atoms with Crippen molar-refractivity contribution in [2.45, 2.75) is 102 Å². The van der Waals surface area contributed by atoms with Crippen LogP contribution in [0.4, 0.5) is 0 Å². The van der Waals surface area contributed by atoms with Crippen LogP contribution in [0.2, 0.25) is 0 Å². The van der Waals surface area contributed by atoms with E-state index in [2.05, 4.69) is 27.0 Å². The molecule has 5 nitrogen and oxygen atoms in total. The summed E-state index contributed by atoms with van der Waals surface area (Å²) in [6.07, 6.45) is 14.7. The van der Waals surface area contributed by atoms with Crippen molar-refractivity contribution in [3.05, 3.63) is 5.82 Å². The second-order valence-corrected chi connectivity index (χ2v) is 11.5. The molecule has 6 rings (SSSR count). The molecule has 0 radical (unpaired) electrons. The lowest BCUT2D eigenvalue weighted by Crippen LogP contribution is -2.56. The molecule has 29 heavy (non-hydrogen) atoms. The Morgan fingerprint density at radius 1 is 1.10 bits per heavy atom. The van der Waals surface area contributed by atoms with Gasteiger partial charge in [0.1, 0.15) is 5.82 Å². The summed E-state index contributed by atoms with van der Waals surface area (Å²) in [5.74, 6) is 4.36.